The minimum atomic E-state index is -3.15. The molecule has 4 rings (SSSR count). The molecule has 0 spiro atoms. The van der Waals surface area contributed by atoms with E-state index in [2.05, 4.69) is 0 Å². The van der Waals surface area contributed by atoms with Crippen molar-refractivity contribution in [3.05, 3.63) is 70.4 Å². The van der Waals surface area contributed by atoms with Crippen LogP contribution in [-0.2, 0) is 16.4 Å². The van der Waals surface area contributed by atoms with Crippen molar-refractivity contribution >= 4 is 38.3 Å². The van der Waals surface area contributed by atoms with Crippen LogP contribution in [0.3, 0.4) is 0 Å². The van der Waals surface area contributed by atoms with Crippen LogP contribution in [0.15, 0.2) is 52.9 Å². The molecule has 0 N–H and O–H groups in total. The van der Waals surface area contributed by atoms with Gasteiger partial charge in [0.25, 0.3) is 5.91 Å². The molecule has 0 bridgehead atoms. The van der Waals surface area contributed by atoms with E-state index in [1.807, 2.05) is 49.4 Å². The number of amides is 1. The Bertz CT molecular complexity index is 1150. The molecule has 1 saturated heterocycles. The molecule has 0 aliphatic carbocycles. The summed E-state index contributed by atoms with van der Waals surface area (Å²) in [6.07, 6.45) is 0.414. The van der Waals surface area contributed by atoms with Crippen molar-refractivity contribution in [1.29, 1.82) is 0 Å². The Morgan fingerprint density at radius 2 is 1.89 bits per heavy atom. The SMILES string of the molecule is Cc1c(C(=O)N(Cc2ccccc2Cl)[C@H]2CCS(=O)(=O)C2)oc2ccccc12. The molecule has 5 nitrogen and oxygen atoms in total. The van der Waals surface area contributed by atoms with Gasteiger partial charge in [-0.15, -0.1) is 0 Å². The highest BCUT2D eigenvalue weighted by Gasteiger charge is 2.37. The standard InChI is InChI=1S/C21H20ClNO4S/c1-14-17-7-3-5-9-19(17)27-20(14)21(24)23(16-10-11-28(25,26)13-16)12-15-6-2-4-8-18(15)22/h2-9,16H,10-13H2,1H3/t16-/m0/s1. The zero-order chi connectivity index (χ0) is 19.9. The highest BCUT2D eigenvalue weighted by atomic mass is 35.5. The van der Waals surface area contributed by atoms with Crippen LogP contribution in [0.2, 0.25) is 5.02 Å². The van der Waals surface area contributed by atoms with Crippen LogP contribution in [0.1, 0.15) is 28.1 Å². The van der Waals surface area contributed by atoms with Gasteiger partial charge in [-0.3, -0.25) is 4.79 Å². The molecule has 2 aromatic carbocycles. The van der Waals surface area contributed by atoms with Crippen molar-refractivity contribution in [2.45, 2.75) is 25.9 Å². The van der Waals surface area contributed by atoms with Crippen molar-refractivity contribution in [3.63, 3.8) is 0 Å². The van der Waals surface area contributed by atoms with Crippen LogP contribution in [-0.4, -0.2) is 36.8 Å². The predicted octanol–water partition coefficient (Wildman–Crippen LogP) is 4.22. The van der Waals surface area contributed by atoms with Gasteiger partial charge in [-0.2, -0.15) is 0 Å². The summed E-state index contributed by atoms with van der Waals surface area (Å²) in [4.78, 5) is 15.0. The number of carbonyl (C=O) groups excluding carboxylic acids is 1. The lowest BCUT2D eigenvalue weighted by Crippen LogP contribution is -2.40. The maximum Gasteiger partial charge on any atom is 0.290 e. The summed E-state index contributed by atoms with van der Waals surface area (Å²) in [6.45, 7) is 2.08. The highest BCUT2D eigenvalue weighted by molar-refractivity contribution is 7.91. The second-order valence-corrected chi connectivity index (χ2v) is 9.77. The molecule has 0 saturated carbocycles. The lowest BCUT2D eigenvalue weighted by atomic mass is 10.1. The van der Waals surface area contributed by atoms with Gasteiger partial charge in [0.2, 0.25) is 0 Å². The summed E-state index contributed by atoms with van der Waals surface area (Å²) >= 11 is 6.30. The first-order chi connectivity index (χ1) is 13.4. The van der Waals surface area contributed by atoms with Gasteiger partial charge < -0.3 is 9.32 Å². The first-order valence-electron chi connectivity index (χ1n) is 9.08. The van der Waals surface area contributed by atoms with Gasteiger partial charge >= 0.3 is 0 Å². The van der Waals surface area contributed by atoms with Crippen LogP contribution in [0.5, 0.6) is 0 Å². The Labute approximate surface area is 168 Å². The first kappa shape index (κ1) is 19.0. The molecule has 1 amide bonds. The molecular weight excluding hydrogens is 398 g/mol. The third-order valence-electron chi connectivity index (χ3n) is 5.25. The topological polar surface area (TPSA) is 67.6 Å². The number of benzene rings is 2. The highest BCUT2D eigenvalue weighted by Crippen LogP contribution is 2.30. The normalized spacial score (nSPS) is 18.4. The van der Waals surface area contributed by atoms with Crippen LogP contribution >= 0.6 is 11.6 Å². The zero-order valence-corrected chi connectivity index (χ0v) is 17.0. The van der Waals surface area contributed by atoms with Crippen molar-refractivity contribution in [2.24, 2.45) is 0 Å². The van der Waals surface area contributed by atoms with E-state index in [0.29, 0.717) is 17.0 Å². The number of nitrogens with zero attached hydrogens (tertiary/aromatic N) is 1. The number of carbonyl (C=O) groups is 1. The Kier molecular flexibility index (Phi) is 4.93. The van der Waals surface area contributed by atoms with E-state index < -0.39 is 15.9 Å². The number of hydrogen-bond acceptors (Lipinski definition) is 4. The number of para-hydroxylation sites is 1. The number of sulfone groups is 1. The smallest absolute Gasteiger partial charge is 0.290 e. The van der Waals surface area contributed by atoms with E-state index >= 15 is 0 Å². The second kappa shape index (κ2) is 7.26. The van der Waals surface area contributed by atoms with Crippen LogP contribution in [0.25, 0.3) is 11.0 Å². The van der Waals surface area contributed by atoms with Crippen molar-refractivity contribution in [2.75, 3.05) is 11.5 Å². The fourth-order valence-corrected chi connectivity index (χ4v) is 5.63. The summed E-state index contributed by atoms with van der Waals surface area (Å²) in [5.41, 5.74) is 2.17. The number of rotatable bonds is 4. The van der Waals surface area contributed by atoms with E-state index in [4.69, 9.17) is 16.0 Å². The molecule has 1 aliphatic heterocycles. The second-order valence-electron chi connectivity index (χ2n) is 7.13. The summed E-state index contributed by atoms with van der Waals surface area (Å²) in [7, 11) is -3.15. The quantitative estimate of drug-likeness (QED) is 0.637. The van der Waals surface area contributed by atoms with Crippen molar-refractivity contribution in [3.8, 4) is 0 Å². The van der Waals surface area contributed by atoms with Gasteiger partial charge in [-0.05, 0) is 31.0 Å². The largest absolute Gasteiger partial charge is 0.451 e. The summed E-state index contributed by atoms with van der Waals surface area (Å²) in [5.74, 6) is -0.0146. The van der Waals surface area contributed by atoms with Crippen molar-refractivity contribution < 1.29 is 17.6 Å². The fraction of sp³-hybridized carbons (Fsp3) is 0.286. The fourth-order valence-electron chi connectivity index (χ4n) is 3.71. The monoisotopic (exact) mass is 417 g/mol. The van der Waals surface area contributed by atoms with Crippen LogP contribution < -0.4 is 0 Å². The molecule has 1 aliphatic rings. The molecule has 2 heterocycles. The van der Waals surface area contributed by atoms with Gasteiger partial charge in [0.1, 0.15) is 5.58 Å². The van der Waals surface area contributed by atoms with E-state index in [1.165, 1.54) is 0 Å². The van der Waals surface area contributed by atoms with E-state index in [-0.39, 0.29) is 29.7 Å². The third-order valence-corrected chi connectivity index (χ3v) is 7.37. The van der Waals surface area contributed by atoms with Crippen molar-refractivity contribution in [1.82, 2.24) is 4.90 Å². The number of furan rings is 1. The van der Waals surface area contributed by atoms with Gasteiger partial charge in [0.05, 0.1) is 11.5 Å². The minimum Gasteiger partial charge on any atom is -0.451 e. The Morgan fingerprint density at radius 3 is 2.57 bits per heavy atom. The molecule has 1 aromatic heterocycles. The number of halogens is 1. The summed E-state index contributed by atoms with van der Waals surface area (Å²) in [5, 5.41) is 1.42. The summed E-state index contributed by atoms with van der Waals surface area (Å²) in [6, 6.07) is 14.3. The lowest BCUT2D eigenvalue weighted by molar-refractivity contribution is 0.0649. The number of hydrogen-bond donors (Lipinski definition) is 0. The molecule has 1 fully saturated rings. The van der Waals surface area contributed by atoms with Gasteiger partial charge in [0.15, 0.2) is 15.6 Å². The van der Waals surface area contributed by atoms with Crippen LogP contribution in [0, 0.1) is 6.92 Å². The zero-order valence-electron chi connectivity index (χ0n) is 15.4. The molecule has 3 aromatic rings. The average molecular weight is 418 g/mol. The molecule has 0 unspecified atom stereocenters. The molecule has 7 heteroatoms. The number of aryl methyl sites for hydroxylation is 1. The maximum absolute atomic E-state index is 13.4. The predicted molar refractivity (Wildman–Crippen MR) is 109 cm³/mol. The maximum atomic E-state index is 13.4. The summed E-state index contributed by atoms with van der Waals surface area (Å²) < 4.78 is 29.9. The first-order valence-corrected chi connectivity index (χ1v) is 11.3. The van der Waals surface area contributed by atoms with Gasteiger partial charge in [-0.1, -0.05) is 48.0 Å². The molecule has 28 heavy (non-hydrogen) atoms. The van der Waals surface area contributed by atoms with Gasteiger partial charge in [0, 0.05) is 28.6 Å². The Morgan fingerprint density at radius 1 is 1.18 bits per heavy atom. The van der Waals surface area contributed by atoms with E-state index in [9.17, 15) is 13.2 Å². The molecule has 0 radical (unpaired) electrons. The van der Waals surface area contributed by atoms with E-state index in [0.717, 1.165) is 16.5 Å². The molecule has 146 valence electrons. The van der Waals surface area contributed by atoms with Gasteiger partial charge in [-0.25, -0.2) is 8.42 Å². The average Bonchev–Trinajstić information content (AvgIpc) is 3.20. The van der Waals surface area contributed by atoms with E-state index in [1.54, 1.807) is 11.0 Å². The molecule has 1 atom stereocenters. The Balaban J connectivity index is 1.74. The Hall–Kier alpha value is -2.31. The molecular formula is C21H20ClNO4S. The third kappa shape index (κ3) is 3.54. The van der Waals surface area contributed by atoms with Crippen LogP contribution in [0.4, 0.5) is 0 Å². The number of fused-ring (bicyclic) bond motifs is 1. The minimum absolute atomic E-state index is 0.0392. The lowest BCUT2D eigenvalue weighted by Gasteiger charge is -2.28.